The molecule has 1 unspecified atom stereocenters. The number of aliphatic hydroxyl groups is 1. The van der Waals surface area contributed by atoms with E-state index in [9.17, 15) is 5.11 Å². The van der Waals surface area contributed by atoms with Gasteiger partial charge in [0.15, 0.2) is 0 Å². The van der Waals surface area contributed by atoms with E-state index in [2.05, 4.69) is 25.7 Å². The van der Waals surface area contributed by atoms with Gasteiger partial charge in [0.2, 0.25) is 0 Å². The van der Waals surface area contributed by atoms with Gasteiger partial charge in [-0.15, -0.1) is 0 Å². The Hall–Kier alpha value is -0.0800. The van der Waals surface area contributed by atoms with Crippen molar-refractivity contribution in [2.24, 2.45) is 0 Å². The molecule has 2 nitrogen and oxygen atoms in total. The van der Waals surface area contributed by atoms with Crippen LogP contribution in [0.2, 0.25) is 0 Å². The van der Waals surface area contributed by atoms with Gasteiger partial charge in [0, 0.05) is 6.04 Å². The summed E-state index contributed by atoms with van der Waals surface area (Å²) in [5.41, 5.74) is 0. The molecule has 0 spiro atoms. The second-order valence-electron chi connectivity index (χ2n) is 7.09. The van der Waals surface area contributed by atoms with Gasteiger partial charge in [-0.05, 0) is 19.5 Å². The summed E-state index contributed by atoms with van der Waals surface area (Å²) < 4.78 is 0. The van der Waals surface area contributed by atoms with Crippen molar-refractivity contribution in [3.63, 3.8) is 0 Å². The largest absolute Gasteiger partial charge is 0.395 e. The molecule has 23 heavy (non-hydrogen) atoms. The number of hydrogen-bond donors (Lipinski definition) is 1. The third-order valence-corrected chi connectivity index (χ3v) is 5.18. The molecule has 0 aromatic heterocycles. The van der Waals surface area contributed by atoms with E-state index in [0.717, 1.165) is 19.5 Å². The average molecular weight is 328 g/mol. The third kappa shape index (κ3) is 14.0. The predicted octanol–water partition coefficient (Wildman–Crippen LogP) is 6.17. The van der Waals surface area contributed by atoms with E-state index in [-0.39, 0.29) is 0 Å². The molecular weight excluding hydrogens is 282 g/mol. The number of likely N-dealkylation sites (N-methyl/N-ethyl adjacent to an activating group) is 1. The molecule has 140 valence electrons. The van der Waals surface area contributed by atoms with Gasteiger partial charge in [0.05, 0.1) is 6.61 Å². The molecule has 1 atom stereocenters. The topological polar surface area (TPSA) is 23.5 Å². The smallest absolute Gasteiger partial charge is 0.0586 e. The summed E-state index contributed by atoms with van der Waals surface area (Å²) in [4.78, 5) is 2.39. The van der Waals surface area contributed by atoms with Gasteiger partial charge < -0.3 is 5.11 Å². The molecule has 0 aliphatic rings. The normalized spacial score (nSPS) is 12.9. The molecule has 2 heteroatoms. The van der Waals surface area contributed by atoms with E-state index in [4.69, 9.17) is 0 Å². The summed E-state index contributed by atoms with van der Waals surface area (Å²) in [5, 5.41) is 9.51. The molecule has 0 heterocycles. The number of hydrogen-bond acceptors (Lipinski definition) is 2. The van der Waals surface area contributed by atoms with Gasteiger partial charge in [-0.25, -0.2) is 0 Å². The van der Waals surface area contributed by atoms with Crippen molar-refractivity contribution in [3.8, 4) is 0 Å². The predicted molar refractivity (Wildman–Crippen MR) is 104 cm³/mol. The zero-order chi connectivity index (χ0) is 17.2. The maximum Gasteiger partial charge on any atom is 0.0586 e. The van der Waals surface area contributed by atoms with Crippen LogP contribution in [0.3, 0.4) is 0 Å². The molecule has 0 fully saturated rings. The first kappa shape index (κ1) is 22.9. The van der Waals surface area contributed by atoms with E-state index >= 15 is 0 Å². The Balaban J connectivity index is 3.29. The maximum absolute atomic E-state index is 9.51. The van der Waals surface area contributed by atoms with Gasteiger partial charge in [0.1, 0.15) is 0 Å². The van der Waals surface area contributed by atoms with Crippen LogP contribution in [0.4, 0.5) is 0 Å². The van der Waals surface area contributed by atoms with Crippen LogP contribution in [-0.4, -0.2) is 35.7 Å². The SMILES string of the molecule is CCCCCCCCCCCCCCCC(CO)N(CC)CC. The minimum absolute atomic E-state index is 0.319. The highest BCUT2D eigenvalue weighted by molar-refractivity contribution is 4.68. The van der Waals surface area contributed by atoms with Crippen molar-refractivity contribution in [2.75, 3.05) is 19.7 Å². The highest BCUT2D eigenvalue weighted by Crippen LogP contribution is 2.14. The molecule has 0 rings (SSSR count). The molecule has 0 aliphatic carbocycles. The van der Waals surface area contributed by atoms with E-state index in [0.29, 0.717) is 12.6 Å². The molecule has 0 radical (unpaired) electrons. The Morgan fingerprint density at radius 2 is 1.00 bits per heavy atom. The number of nitrogens with zero attached hydrogens (tertiary/aromatic N) is 1. The van der Waals surface area contributed by atoms with Crippen molar-refractivity contribution < 1.29 is 5.11 Å². The van der Waals surface area contributed by atoms with Crippen molar-refractivity contribution in [1.29, 1.82) is 0 Å². The first-order valence-electron chi connectivity index (χ1n) is 10.6. The Morgan fingerprint density at radius 1 is 0.609 bits per heavy atom. The van der Waals surface area contributed by atoms with Gasteiger partial charge >= 0.3 is 0 Å². The van der Waals surface area contributed by atoms with Gasteiger partial charge in [-0.3, -0.25) is 4.90 Å². The zero-order valence-electron chi connectivity index (χ0n) is 16.5. The number of rotatable bonds is 18. The summed E-state index contributed by atoms with van der Waals surface area (Å²) in [5.74, 6) is 0. The van der Waals surface area contributed by atoms with Crippen LogP contribution >= 0.6 is 0 Å². The number of aliphatic hydroxyl groups excluding tert-OH is 1. The molecule has 0 aromatic rings. The lowest BCUT2D eigenvalue weighted by Crippen LogP contribution is -2.37. The van der Waals surface area contributed by atoms with Crippen LogP contribution in [0.5, 0.6) is 0 Å². The highest BCUT2D eigenvalue weighted by Gasteiger charge is 2.13. The van der Waals surface area contributed by atoms with E-state index < -0.39 is 0 Å². The second-order valence-corrected chi connectivity index (χ2v) is 7.09. The highest BCUT2D eigenvalue weighted by atomic mass is 16.3. The maximum atomic E-state index is 9.51. The molecule has 0 saturated carbocycles. The molecule has 0 aromatic carbocycles. The summed E-state index contributed by atoms with van der Waals surface area (Å²) in [6.07, 6.45) is 19.5. The average Bonchev–Trinajstić information content (AvgIpc) is 2.58. The molecule has 0 saturated heterocycles. The minimum Gasteiger partial charge on any atom is -0.395 e. The van der Waals surface area contributed by atoms with Crippen LogP contribution in [0.15, 0.2) is 0 Å². The first-order chi connectivity index (χ1) is 11.3. The molecular formula is C21H45NO. The third-order valence-electron chi connectivity index (χ3n) is 5.18. The zero-order valence-corrected chi connectivity index (χ0v) is 16.5. The van der Waals surface area contributed by atoms with Crippen molar-refractivity contribution in [2.45, 2.75) is 117 Å². The fourth-order valence-electron chi connectivity index (χ4n) is 3.53. The molecule has 0 amide bonds. The first-order valence-corrected chi connectivity index (χ1v) is 10.6. The van der Waals surface area contributed by atoms with Crippen LogP contribution < -0.4 is 0 Å². The fraction of sp³-hybridized carbons (Fsp3) is 1.00. The molecule has 0 bridgehead atoms. The van der Waals surface area contributed by atoms with E-state index in [1.807, 2.05) is 0 Å². The van der Waals surface area contributed by atoms with Gasteiger partial charge in [-0.2, -0.15) is 0 Å². The Kier molecular flexibility index (Phi) is 18.2. The van der Waals surface area contributed by atoms with E-state index in [1.165, 1.54) is 83.5 Å². The molecule has 1 N–H and O–H groups in total. The Morgan fingerprint density at radius 3 is 1.35 bits per heavy atom. The van der Waals surface area contributed by atoms with Crippen molar-refractivity contribution in [3.05, 3.63) is 0 Å². The van der Waals surface area contributed by atoms with Gasteiger partial charge in [0.25, 0.3) is 0 Å². The Bertz CT molecular complexity index is 216. The summed E-state index contributed by atoms with van der Waals surface area (Å²) in [6, 6.07) is 0.387. The van der Waals surface area contributed by atoms with E-state index in [1.54, 1.807) is 0 Å². The number of unbranched alkanes of at least 4 members (excludes halogenated alkanes) is 12. The lowest BCUT2D eigenvalue weighted by molar-refractivity contribution is 0.124. The fourth-order valence-corrected chi connectivity index (χ4v) is 3.53. The Labute approximate surface area is 147 Å². The standard InChI is InChI=1S/C21H45NO/c1-4-7-8-9-10-11-12-13-14-15-16-17-18-19-21(20-23)22(5-2)6-3/h21,23H,4-20H2,1-3H3. The summed E-state index contributed by atoms with van der Waals surface area (Å²) >= 11 is 0. The summed E-state index contributed by atoms with van der Waals surface area (Å²) in [7, 11) is 0. The molecule has 0 aliphatic heterocycles. The van der Waals surface area contributed by atoms with Gasteiger partial charge in [-0.1, -0.05) is 104 Å². The lowest BCUT2D eigenvalue weighted by Gasteiger charge is -2.28. The van der Waals surface area contributed by atoms with Crippen LogP contribution in [-0.2, 0) is 0 Å². The van der Waals surface area contributed by atoms with Crippen LogP contribution in [0.1, 0.15) is 111 Å². The summed E-state index contributed by atoms with van der Waals surface area (Å²) in [6.45, 7) is 9.10. The van der Waals surface area contributed by atoms with Crippen LogP contribution in [0.25, 0.3) is 0 Å². The second kappa shape index (κ2) is 18.3. The van der Waals surface area contributed by atoms with Crippen molar-refractivity contribution in [1.82, 2.24) is 4.90 Å². The quantitative estimate of drug-likeness (QED) is 0.304. The minimum atomic E-state index is 0.319. The monoisotopic (exact) mass is 327 g/mol. The van der Waals surface area contributed by atoms with Crippen LogP contribution in [0, 0.1) is 0 Å². The lowest BCUT2D eigenvalue weighted by atomic mass is 10.0. The van der Waals surface area contributed by atoms with Crippen molar-refractivity contribution >= 4 is 0 Å².